The quantitative estimate of drug-likeness (QED) is 0.532. The van der Waals surface area contributed by atoms with Gasteiger partial charge in [0.05, 0.1) is 0 Å². The summed E-state index contributed by atoms with van der Waals surface area (Å²) in [5, 5.41) is 5.25. The van der Waals surface area contributed by atoms with Crippen LogP contribution in [0, 0.1) is 6.92 Å². The Balaban J connectivity index is 1.81. The SMILES string of the molecule is CCNC(=O)[C@@H](CC)N(Cc1ccc(C)cc1)C(=O)CCc1cccc2ccccc12. The molecule has 0 aliphatic rings. The van der Waals surface area contributed by atoms with E-state index in [1.54, 1.807) is 4.90 Å². The number of carbonyl (C=O) groups is 2. The van der Waals surface area contributed by atoms with Crippen LogP contribution in [-0.4, -0.2) is 29.3 Å². The van der Waals surface area contributed by atoms with Crippen molar-refractivity contribution in [2.45, 2.75) is 52.6 Å². The number of nitrogens with zero attached hydrogens (tertiary/aromatic N) is 1. The number of rotatable bonds is 9. The van der Waals surface area contributed by atoms with E-state index < -0.39 is 6.04 Å². The van der Waals surface area contributed by atoms with Gasteiger partial charge in [0.15, 0.2) is 0 Å². The van der Waals surface area contributed by atoms with Crippen molar-refractivity contribution in [2.24, 2.45) is 0 Å². The summed E-state index contributed by atoms with van der Waals surface area (Å²) in [5.41, 5.74) is 3.37. The fourth-order valence-electron chi connectivity index (χ4n) is 4.00. The molecule has 0 radical (unpaired) electrons. The van der Waals surface area contributed by atoms with Crippen molar-refractivity contribution < 1.29 is 9.59 Å². The summed E-state index contributed by atoms with van der Waals surface area (Å²) in [5.74, 6) is -0.0813. The molecule has 0 aliphatic carbocycles. The second-order valence-electron chi connectivity index (χ2n) is 7.96. The molecule has 0 saturated heterocycles. The molecule has 0 aromatic heterocycles. The third kappa shape index (κ3) is 5.72. The Bertz CT molecular complexity index is 1020. The van der Waals surface area contributed by atoms with E-state index in [0.717, 1.165) is 11.1 Å². The van der Waals surface area contributed by atoms with E-state index in [4.69, 9.17) is 0 Å². The molecular weight excluding hydrogens is 384 g/mol. The maximum absolute atomic E-state index is 13.4. The van der Waals surface area contributed by atoms with Gasteiger partial charge in [0, 0.05) is 19.5 Å². The predicted octanol–water partition coefficient (Wildman–Crippen LogP) is 5.02. The van der Waals surface area contributed by atoms with Crippen molar-refractivity contribution in [3.8, 4) is 0 Å². The van der Waals surface area contributed by atoms with Crippen LogP contribution in [0.5, 0.6) is 0 Å². The van der Waals surface area contributed by atoms with E-state index in [1.165, 1.54) is 16.3 Å². The molecule has 2 amide bonds. The van der Waals surface area contributed by atoms with Gasteiger partial charge in [-0.15, -0.1) is 0 Å². The maximum atomic E-state index is 13.4. The van der Waals surface area contributed by atoms with Crippen LogP contribution in [0.3, 0.4) is 0 Å². The molecule has 0 fully saturated rings. The minimum atomic E-state index is -0.471. The number of likely N-dealkylation sites (N-methyl/N-ethyl adjacent to an activating group) is 1. The maximum Gasteiger partial charge on any atom is 0.242 e. The zero-order valence-electron chi connectivity index (χ0n) is 18.7. The lowest BCUT2D eigenvalue weighted by molar-refractivity contribution is -0.141. The van der Waals surface area contributed by atoms with Crippen molar-refractivity contribution in [3.05, 3.63) is 83.4 Å². The zero-order valence-corrected chi connectivity index (χ0v) is 18.7. The monoisotopic (exact) mass is 416 g/mol. The van der Waals surface area contributed by atoms with Gasteiger partial charge >= 0.3 is 0 Å². The Kier molecular flexibility index (Phi) is 7.82. The van der Waals surface area contributed by atoms with Gasteiger partial charge in [-0.2, -0.15) is 0 Å². The van der Waals surface area contributed by atoms with Crippen molar-refractivity contribution in [1.29, 1.82) is 0 Å². The Labute approximate surface area is 185 Å². The number of hydrogen-bond donors (Lipinski definition) is 1. The molecule has 0 aliphatic heterocycles. The lowest BCUT2D eigenvalue weighted by Crippen LogP contribution is -2.49. The number of carbonyl (C=O) groups excluding carboxylic acids is 2. The van der Waals surface area contributed by atoms with Gasteiger partial charge in [-0.3, -0.25) is 9.59 Å². The molecule has 1 atom stereocenters. The number of aryl methyl sites for hydroxylation is 2. The summed E-state index contributed by atoms with van der Waals surface area (Å²) in [6.07, 6.45) is 1.60. The van der Waals surface area contributed by atoms with E-state index in [1.807, 2.05) is 63.2 Å². The molecule has 4 nitrogen and oxygen atoms in total. The molecule has 0 heterocycles. The van der Waals surface area contributed by atoms with Gasteiger partial charge in [0.2, 0.25) is 11.8 Å². The first-order valence-corrected chi connectivity index (χ1v) is 11.1. The second kappa shape index (κ2) is 10.8. The normalized spacial score (nSPS) is 11.8. The highest BCUT2D eigenvalue weighted by Crippen LogP contribution is 2.21. The third-order valence-corrected chi connectivity index (χ3v) is 5.70. The highest BCUT2D eigenvalue weighted by molar-refractivity contribution is 5.89. The Morgan fingerprint density at radius 1 is 0.935 bits per heavy atom. The third-order valence-electron chi connectivity index (χ3n) is 5.70. The van der Waals surface area contributed by atoms with Crippen LogP contribution in [0.2, 0.25) is 0 Å². The fourth-order valence-corrected chi connectivity index (χ4v) is 4.00. The first-order valence-electron chi connectivity index (χ1n) is 11.1. The Morgan fingerprint density at radius 2 is 1.65 bits per heavy atom. The fraction of sp³-hybridized carbons (Fsp3) is 0.333. The van der Waals surface area contributed by atoms with Gasteiger partial charge < -0.3 is 10.2 Å². The highest BCUT2D eigenvalue weighted by atomic mass is 16.2. The topological polar surface area (TPSA) is 49.4 Å². The van der Waals surface area contributed by atoms with Gasteiger partial charge in [-0.25, -0.2) is 0 Å². The Hall–Kier alpha value is -3.14. The molecule has 1 N–H and O–H groups in total. The molecule has 0 spiro atoms. The summed E-state index contributed by atoms with van der Waals surface area (Å²) < 4.78 is 0. The molecule has 0 saturated carbocycles. The number of benzene rings is 3. The largest absolute Gasteiger partial charge is 0.355 e. The van der Waals surface area contributed by atoms with E-state index >= 15 is 0 Å². The zero-order chi connectivity index (χ0) is 22.2. The summed E-state index contributed by atoms with van der Waals surface area (Å²) in [6, 6.07) is 22.1. The second-order valence-corrected chi connectivity index (χ2v) is 7.96. The molecule has 0 bridgehead atoms. The molecule has 31 heavy (non-hydrogen) atoms. The summed E-state index contributed by atoms with van der Waals surface area (Å²) in [6.45, 7) is 6.89. The minimum Gasteiger partial charge on any atom is -0.355 e. The number of amides is 2. The Morgan fingerprint density at radius 3 is 2.35 bits per heavy atom. The van der Waals surface area contributed by atoms with Crippen LogP contribution < -0.4 is 5.32 Å². The minimum absolute atomic E-state index is 0.00612. The van der Waals surface area contributed by atoms with E-state index in [2.05, 4.69) is 29.6 Å². The molecular formula is C27H32N2O2. The van der Waals surface area contributed by atoms with Crippen LogP contribution in [-0.2, 0) is 22.6 Å². The molecule has 4 heteroatoms. The predicted molar refractivity (Wildman–Crippen MR) is 127 cm³/mol. The highest BCUT2D eigenvalue weighted by Gasteiger charge is 2.28. The summed E-state index contributed by atoms with van der Waals surface area (Å²) in [4.78, 5) is 27.8. The average Bonchev–Trinajstić information content (AvgIpc) is 2.78. The van der Waals surface area contributed by atoms with Gasteiger partial charge in [-0.05, 0) is 48.6 Å². The van der Waals surface area contributed by atoms with Crippen LogP contribution in [0.1, 0.15) is 43.4 Å². The number of hydrogen-bond acceptors (Lipinski definition) is 2. The average molecular weight is 417 g/mol. The van der Waals surface area contributed by atoms with Gasteiger partial charge in [-0.1, -0.05) is 79.2 Å². The van der Waals surface area contributed by atoms with Crippen molar-refractivity contribution in [2.75, 3.05) is 6.54 Å². The molecule has 3 aromatic carbocycles. The molecule has 3 aromatic rings. The van der Waals surface area contributed by atoms with E-state index in [-0.39, 0.29) is 11.8 Å². The number of nitrogens with one attached hydrogen (secondary N) is 1. The summed E-state index contributed by atoms with van der Waals surface area (Å²) >= 11 is 0. The van der Waals surface area contributed by atoms with Crippen molar-refractivity contribution >= 4 is 22.6 Å². The van der Waals surface area contributed by atoms with Crippen LogP contribution in [0.15, 0.2) is 66.7 Å². The van der Waals surface area contributed by atoms with Crippen molar-refractivity contribution in [3.63, 3.8) is 0 Å². The summed E-state index contributed by atoms with van der Waals surface area (Å²) in [7, 11) is 0. The standard InChI is InChI=1S/C27H32N2O2/c1-4-25(27(31)28-5-2)29(19-21-15-13-20(3)14-16-21)26(30)18-17-23-11-8-10-22-9-6-7-12-24(22)23/h6-16,25H,4-5,17-19H2,1-3H3,(H,28,31)/t25-/m1/s1. The lowest BCUT2D eigenvalue weighted by Gasteiger charge is -2.30. The van der Waals surface area contributed by atoms with E-state index in [0.29, 0.717) is 32.4 Å². The molecule has 3 rings (SSSR count). The van der Waals surface area contributed by atoms with Gasteiger partial charge in [0.1, 0.15) is 6.04 Å². The molecule has 162 valence electrons. The first-order chi connectivity index (χ1) is 15.0. The molecule has 0 unspecified atom stereocenters. The van der Waals surface area contributed by atoms with E-state index in [9.17, 15) is 9.59 Å². The van der Waals surface area contributed by atoms with Crippen LogP contribution >= 0.6 is 0 Å². The first kappa shape index (κ1) is 22.5. The smallest absolute Gasteiger partial charge is 0.242 e. The number of fused-ring (bicyclic) bond motifs is 1. The van der Waals surface area contributed by atoms with Crippen LogP contribution in [0.4, 0.5) is 0 Å². The lowest BCUT2D eigenvalue weighted by atomic mass is 10.00. The van der Waals surface area contributed by atoms with Crippen molar-refractivity contribution in [1.82, 2.24) is 10.2 Å². The van der Waals surface area contributed by atoms with Gasteiger partial charge in [0.25, 0.3) is 0 Å². The van der Waals surface area contributed by atoms with Crippen LogP contribution in [0.25, 0.3) is 10.8 Å².